The largest absolute Gasteiger partial charge is 0.369 e. The molecule has 0 atom stereocenters. The summed E-state index contributed by atoms with van der Waals surface area (Å²) >= 11 is 0. The summed E-state index contributed by atoms with van der Waals surface area (Å²) in [6.07, 6.45) is 6.32. The zero-order chi connectivity index (χ0) is 18.0. The Morgan fingerprint density at radius 2 is 1.76 bits per heavy atom. The maximum absolute atomic E-state index is 14.3. The monoisotopic (exact) mass is 346 g/mol. The first-order valence-corrected chi connectivity index (χ1v) is 9.73. The number of amides is 1. The van der Waals surface area contributed by atoms with Crippen LogP contribution in [0.2, 0.25) is 0 Å². The molecule has 3 rings (SSSR count). The highest BCUT2D eigenvalue weighted by molar-refractivity contribution is 5.87. The van der Waals surface area contributed by atoms with Gasteiger partial charge in [-0.1, -0.05) is 32.0 Å². The molecule has 1 amide bonds. The van der Waals surface area contributed by atoms with Crippen LogP contribution in [0.25, 0.3) is 0 Å². The first kappa shape index (κ1) is 18.4. The van der Waals surface area contributed by atoms with Crippen molar-refractivity contribution in [3.8, 4) is 0 Å². The number of nitrogens with zero attached hydrogens (tertiary/aromatic N) is 1. The van der Waals surface area contributed by atoms with Crippen molar-refractivity contribution < 1.29 is 9.18 Å². The third-order valence-corrected chi connectivity index (χ3v) is 6.71. The van der Waals surface area contributed by atoms with E-state index in [1.165, 1.54) is 31.7 Å². The molecule has 1 saturated heterocycles. The van der Waals surface area contributed by atoms with Crippen LogP contribution in [0.15, 0.2) is 24.3 Å². The molecule has 0 bridgehead atoms. The molecule has 0 aromatic heterocycles. The molecule has 1 aliphatic heterocycles. The maximum atomic E-state index is 14.3. The molecular weight excluding hydrogens is 315 g/mol. The molecule has 3 nitrogen and oxygen atoms in total. The van der Waals surface area contributed by atoms with Crippen molar-refractivity contribution in [2.24, 2.45) is 17.6 Å². The number of carbonyl (C=O) groups is 1. The van der Waals surface area contributed by atoms with E-state index >= 15 is 0 Å². The average Bonchev–Trinajstić information content (AvgIpc) is 2.62. The van der Waals surface area contributed by atoms with Gasteiger partial charge < -0.3 is 10.6 Å². The van der Waals surface area contributed by atoms with E-state index < -0.39 is 5.41 Å². The number of benzene rings is 1. The zero-order valence-electron chi connectivity index (χ0n) is 15.5. The Morgan fingerprint density at radius 3 is 2.28 bits per heavy atom. The van der Waals surface area contributed by atoms with Crippen LogP contribution in [0.3, 0.4) is 0 Å². The summed E-state index contributed by atoms with van der Waals surface area (Å²) in [6, 6.07) is 7.23. The Morgan fingerprint density at radius 1 is 1.16 bits per heavy atom. The molecule has 25 heavy (non-hydrogen) atoms. The van der Waals surface area contributed by atoms with Crippen molar-refractivity contribution in [1.29, 1.82) is 0 Å². The van der Waals surface area contributed by atoms with E-state index in [2.05, 4.69) is 18.7 Å². The quantitative estimate of drug-likeness (QED) is 0.900. The van der Waals surface area contributed by atoms with Crippen molar-refractivity contribution in [1.82, 2.24) is 4.90 Å². The lowest BCUT2D eigenvalue weighted by Gasteiger charge is -2.45. The molecule has 1 aliphatic carbocycles. The van der Waals surface area contributed by atoms with Crippen molar-refractivity contribution in [3.63, 3.8) is 0 Å². The van der Waals surface area contributed by atoms with Gasteiger partial charge in [0.25, 0.3) is 0 Å². The predicted octanol–water partition coefficient (Wildman–Crippen LogP) is 3.86. The highest BCUT2D eigenvalue weighted by Crippen LogP contribution is 2.39. The summed E-state index contributed by atoms with van der Waals surface area (Å²) in [5.74, 6) is 0.919. The molecule has 1 saturated carbocycles. The third kappa shape index (κ3) is 3.59. The average molecular weight is 346 g/mol. The zero-order valence-corrected chi connectivity index (χ0v) is 15.5. The summed E-state index contributed by atoms with van der Waals surface area (Å²) in [7, 11) is 0. The van der Waals surface area contributed by atoms with Crippen LogP contribution in [0.1, 0.15) is 57.9 Å². The number of nitrogens with two attached hydrogens (primary N) is 1. The summed E-state index contributed by atoms with van der Waals surface area (Å²) in [5.41, 5.74) is 5.38. The second-order valence-corrected chi connectivity index (χ2v) is 8.27. The van der Waals surface area contributed by atoms with E-state index in [-0.39, 0.29) is 11.7 Å². The van der Waals surface area contributed by atoms with Crippen molar-refractivity contribution in [3.05, 3.63) is 35.6 Å². The number of carbonyl (C=O) groups excluding carboxylic acids is 1. The topological polar surface area (TPSA) is 46.3 Å². The number of piperidine rings is 1. The molecule has 0 spiro atoms. The Balaban J connectivity index is 1.68. The Kier molecular flexibility index (Phi) is 5.47. The van der Waals surface area contributed by atoms with E-state index in [0.717, 1.165) is 24.9 Å². The summed E-state index contributed by atoms with van der Waals surface area (Å²) in [4.78, 5) is 14.8. The van der Waals surface area contributed by atoms with Crippen LogP contribution < -0.4 is 5.73 Å². The fourth-order valence-corrected chi connectivity index (χ4v) is 4.90. The molecule has 1 heterocycles. The van der Waals surface area contributed by atoms with Gasteiger partial charge in [-0.2, -0.15) is 0 Å². The molecule has 2 aliphatic rings. The van der Waals surface area contributed by atoms with Gasteiger partial charge in [0.2, 0.25) is 5.91 Å². The lowest BCUT2D eigenvalue weighted by molar-refractivity contribution is -0.125. The Bertz CT molecular complexity index is 600. The first-order chi connectivity index (χ1) is 11.9. The number of hydrogen-bond acceptors (Lipinski definition) is 2. The fraction of sp³-hybridized carbons (Fsp3) is 0.667. The van der Waals surface area contributed by atoms with Crippen LogP contribution in [0, 0.1) is 17.7 Å². The van der Waals surface area contributed by atoms with E-state index in [4.69, 9.17) is 5.73 Å². The molecule has 1 aromatic rings. The SMILES string of the molecule is CC(C)C1CCC(N2CCC(C(N)=O)(c3ccccc3F)CC2)CC1. The number of primary amides is 1. The Hall–Kier alpha value is -1.42. The molecule has 4 heteroatoms. The molecule has 2 N–H and O–H groups in total. The number of likely N-dealkylation sites (tertiary alicyclic amines) is 1. The van der Waals surface area contributed by atoms with Crippen molar-refractivity contribution >= 4 is 5.91 Å². The van der Waals surface area contributed by atoms with Gasteiger partial charge in [-0.05, 0) is 69.5 Å². The fourth-order valence-electron chi connectivity index (χ4n) is 4.90. The lowest BCUT2D eigenvalue weighted by atomic mass is 9.71. The normalized spacial score (nSPS) is 27.4. The summed E-state index contributed by atoms with van der Waals surface area (Å²) < 4.78 is 14.3. The van der Waals surface area contributed by atoms with Gasteiger partial charge in [-0.3, -0.25) is 4.79 Å². The second-order valence-electron chi connectivity index (χ2n) is 8.27. The van der Waals surface area contributed by atoms with E-state index in [1.807, 2.05) is 0 Å². The highest BCUT2D eigenvalue weighted by atomic mass is 19.1. The minimum absolute atomic E-state index is 0.313. The van der Waals surface area contributed by atoms with Gasteiger partial charge >= 0.3 is 0 Å². The van der Waals surface area contributed by atoms with Crippen molar-refractivity contribution in [2.75, 3.05) is 13.1 Å². The molecule has 138 valence electrons. The first-order valence-electron chi connectivity index (χ1n) is 9.73. The minimum Gasteiger partial charge on any atom is -0.369 e. The van der Waals surface area contributed by atoms with Gasteiger partial charge in [-0.25, -0.2) is 4.39 Å². The second kappa shape index (κ2) is 7.45. The van der Waals surface area contributed by atoms with Crippen LogP contribution >= 0.6 is 0 Å². The van der Waals surface area contributed by atoms with Crippen LogP contribution in [0.5, 0.6) is 0 Å². The van der Waals surface area contributed by atoms with Gasteiger partial charge in [0, 0.05) is 11.6 Å². The number of hydrogen-bond donors (Lipinski definition) is 1. The van der Waals surface area contributed by atoms with E-state index in [1.54, 1.807) is 18.2 Å². The van der Waals surface area contributed by atoms with Crippen LogP contribution in [-0.4, -0.2) is 29.9 Å². The molecule has 1 aromatic carbocycles. The third-order valence-electron chi connectivity index (χ3n) is 6.71. The smallest absolute Gasteiger partial charge is 0.228 e. The number of rotatable bonds is 4. The molecule has 0 radical (unpaired) electrons. The van der Waals surface area contributed by atoms with Gasteiger partial charge in [-0.15, -0.1) is 0 Å². The maximum Gasteiger partial charge on any atom is 0.228 e. The van der Waals surface area contributed by atoms with E-state index in [9.17, 15) is 9.18 Å². The molecule has 0 unspecified atom stereocenters. The van der Waals surface area contributed by atoms with Crippen LogP contribution in [-0.2, 0) is 10.2 Å². The number of halogens is 1. The minimum atomic E-state index is -0.850. The standard InChI is InChI=1S/C21H31FN2O/c1-15(2)16-7-9-17(10-8-16)24-13-11-21(12-14-24,20(23)25)18-5-3-4-6-19(18)22/h3-6,15-17H,7-14H2,1-2H3,(H2,23,25). The molecular formula is C21H31FN2O. The lowest BCUT2D eigenvalue weighted by Crippen LogP contribution is -2.53. The summed E-state index contributed by atoms with van der Waals surface area (Å²) in [5, 5.41) is 0. The predicted molar refractivity (Wildman–Crippen MR) is 98.7 cm³/mol. The van der Waals surface area contributed by atoms with E-state index in [0.29, 0.717) is 24.4 Å². The summed E-state index contributed by atoms with van der Waals surface area (Å²) in [6.45, 7) is 6.30. The highest BCUT2D eigenvalue weighted by Gasteiger charge is 2.44. The van der Waals surface area contributed by atoms with Gasteiger partial charge in [0.15, 0.2) is 0 Å². The van der Waals surface area contributed by atoms with Crippen molar-refractivity contribution in [2.45, 2.75) is 63.8 Å². The van der Waals surface area contributed by atoms with Gasteiger partial charge in [0.05, 0.1) is 5.41 Å². The Labute approximate surface area is 150 Å². The van der Waals surface area contributed by atoms with Gasteiger partial charge in [0.1, 0.15) is 5.82 Å². The van der Waals surface area contributed by atoms with Crippen LogP contribution in [0.4, 0.5) is 4.39 Å². The molecule has 2 fully saturated rings.